The molecule has 0 aliphatic carbocycles. The molecule has 1 heterocycles. The second-order valence-corrected chi connectivity index (χ2v) is 10.6. The fraction of sp³-hybridized carbons (Fsp3) is 0.462. The third kappa shape index (κ3) is 7.23. The third-order valence-corrected chi connectivity index (χ3v) is 8.31. The normalized spacial score (nSPS) is 17.4. The van der Waals surface area contributed by atoms with Crippen molar-refractivity contribution in [2.45, 2.75) is 64.1 Å². The zero-order valence-corrected chi connectivity index (χ0v) is 18.9. The number of unbranched alkanes of at least 4 members (excludes halogenated alkanes) is 5. The summed E-state index contributed by atoms with van der Waals surface area (Å²) in [5.41, 5.74) is 0. The SMILES string of the molecule is O=P(C=CCCCCCCCOC1CCCCO1)(c1ccccc1)c1ccccc1. The molecular formula is C26H35O3P. The van der Waals surface area contributed by atoms with Crippen molar-refractivity contribution in [1.82, 2.24) is 0 Å². The van der Waals surface area contributed by atoms with Crippen molar-refractivity contribution in [3.05, 3.63) is 72.6 Å². The summed E-state index contributed by atoms with van der Waals surface area (Å²) in [6, 6.07) is 19.7. The zero-order valence-electron chi connectivity index (χ0n) is 18.0. The molecule has 0 radical (unpaired) electrons. The fourth-order valence-corrected chi connectivity index (χ4v) is 6.11. The summed E-state index contributed by atoms with van der Waals surface area (Å²) in [6.45, 7) is 1.65. The predicted molar refractivity (Wildman–Crippen MR) is 126 cm³/mol. The molecule has 2 aromatic carbocycles. The molecule has 3 nitrogen and oxygen atoms in total. The summed E-state index contributed by atoms with van der Waals surface area (Å²) in [5, 5.41) is 1.80. The van der Waals surface area contributed by atoms with E-state index in [0.717, 1.165) is 49.5 Å². The van der Waals surface area contributed by atoms with Gasteiger partial charge >= 0.3 is 0 Å². The van der Waals surface area contributed by atoms with Crippen LogP contribution in [-0.4, -0.2) is 19.5 Å². The highest BCUT2D eigenvalue weighted by Gasteiger charge is 2.23. The van der Waals surface area contributed by atoms with Crippen molar-refractivity contribution in [2.24, 2.45) is 0 Å². The van der Waals surface area contributed by atoms with E-state index in [1.807, 2.05) is 66.5 Å². The highest BCUT2D eigenvalue weighted by Crippen LogP contribution is 2.45. The minimum absolute atomic E-state index is 0.0359. The van der Waals surface area contributed by atoms with Gasteiger partial charge in [0.1, 0.15) is 0 Å². The molecular weight excluding hydrogens is 391 g/mol. The van der Waals surface area contributed by atoms with Crippen LogP contribution in [-0.2, 0) is 14.0 Å². The quantitative estimate of drug-likeness (QED) is 0.291. The molecule has 30 heavy (non-hydrogen) atoms. The first-order valence-electron chi connectivity index (χ1n) is 11.4. The van der Waals surface area contributed by atoms with E-state index < -0.39 is 7.14 Å². The van der Waals surface area contributed by atoms with Crippen molar-refractivity contribution in [3.63, 3.8) is 0 Å². The van der Waals surface area contributed by atoms with Gasteiger partial charge in [-0.2, -0.15) is 0 Å². The van der Waals surface area contributed by atoms with Gasteiger partial charge in [-0.25, -0.2) is 0 Å². The summed E-state index contributed by atoms with van der Waals surface area (Å²) in [6.07, 6.45) is 12.4. The standard InChI is InChI=1S/C26H35O3P/c27-30(24-16-8-6-9-17-24,25-18-10-7-11-19-25)23-15-5-3-1-2-4-13-21-28-26-20-12-14-22-29-26/h6-11,15-19,23,26H,1-5,12-14,20-22H2. The lowest BCUT2D eigenvalue weighted by Crippen LogP contribution is -2.22. The van der Waals surface area contributed by atoms with Crippen LogP contribution in [0.25, 0.3) is 0 Å². The molecule has 1 aliphatic heterocycles. The van der Waals surface area contributed by atoms with Crippen molar-refractivity contribution >= 4 is 17.8 Å². The minimum Gasteiger partial charge on any atom is -0.353 e. The van der Waals surface area contributed by atoms with Gasteiger partial charge in [0.25, 0.3) is 0 Å². The number of rotatable bonds is 12. The van der Waals surface area contributed by atoms with Gasteiger partial charge in [-0.05, 0) is 44.3 Å². The molecule has 1 aliphatic rings. The van der Waals surface area contributed by atoms with Gasteiger partial charge in [-0.3, -0.25) is 0 Å². The van der Waals surface area contributed by atoms with Crippen LogP contribution in [0.4, 0.5) is 0 Å². The van der Waals surface area contributed by atoms with E-state index in [-0.39, 0.29) is 6.29 Å². The van der Waals surface area contributed by atoms with Gasteiger partial charge < -0.3 is 14.0 Å². The molecule has 3 rings (SSSR count). The Morgan fingerprint density at radius 3 is 2.13 bits per heavy atom. The molecule has 4 heteroatoms. The van der Waals surface area contributed by atoms with Crippen LogP contribution < -0.4 is 10.6 Å². The molecule has 0 bridgehead atoms. The minimum atomic E-state index is -2.72. The van der Waals surface area contributed by atoms with E-state index in [9.17, 15) is 4.57 Å². The molecule has 0 spiro atoms. The number of benzene rings is 2. The van der Waals surface area contributed by atoms with Gasteiger partial charge in [0.2, 0.25) is 0 Å². The maximum atomic E-state index is 13.8. The Labute approximate surface area is 181 Å². The first kappa shape index (κ1) is 23.0. The van der Waals surface area contributed by atoms with Crippen LogP contribution in [0, 0.1) is 0 Å². The highest BCUT2D eigenvalue weighted by atomic mass is 31.2. The first-order chi connectivity index (χ1) is 14.8. The second kappa shape index (κ2) is 12.9. The topological polar surface area (TPSA) is 35.5 Å². The van der Waals surface area contributed by atoms with E-state index in [1.165, 1.54) is 32.1 Å². The fourth-order valence-electron chi connectivity index (χ4n) is 3.80. The van der Waals surface area contributed by atoms with Gasteiger partial charge in [0.05, 0.1) is 0 Å². The van der Waals surface area contributed by atoms with Gasteiger partial charge in [0, 0.05) is 23.8 Å². The van der Waals surface area contributed by atoms with E-state index in [0.29, 0.717) is 0 Å². The van der Waals surface area contributed by atoms with E-state index in [4.69, 9.17) is 9.47 Å². The van der Waals surface area contributed by atoms with E-state index >= 15 is 0 Å². The Bertz CT molecular complexity index is 739. The summed E-state index contributed by atoms with van der Waals surface area (Å²) in [4.78, 5) is 0. The second-order valence-electron chi connectivity index (χ2n) is 7.94. The van der Waals surface area contributed by atoms with Crippen molar-refractivity contribution in [2.75, 3.05) is 13.2 Å². The average molecular weight is 427 g/mol. The number of ether oxygens (including phenoxy) is 2. The maximum Gasteiger partial charge on any atom is 0.163 e. The molecule has 0 aromatic heterocycles. The molecule has 1 fully saturated rings. The Kier molecular flexibility index (Phi) is 9.89. The average Bonchev–Trinajstić information content (AvgIpc) is 2.82. The lowest BCUT2D eigenvalue weighted by atomic mass is 10.1. The zero-order chi connectivity index (χ0) is 20.9. The molecule has 0 saturated carbocycles. The highest BCUT2D eigenvalue weighted by molar-refractivity contribution is 7.81. The van der Waals surface area contributed by atoms with Crippen LogP contribution in [0.15, 0.2) is 72.6 Å². The van der Waals surface area contributed by atoms with Crippen molar-refractivity contribution in [1.29, 1.82) is 0 Å². The molecule has 1 atom stereocenters. The van der Waals surface area contributed by atoms with Crippen LogP contribution in [0.5, 0.6) is 0 Å². The lowest BCUT2D eigenvalue weighted by molar-refractivity contribution is -0.162. The number of hydrogen-bond donors (Lipinski definition) is 0. The Balaban J connectivity index is 1.37. The molecule has 162 valence electrons. The van der Waals surface area contributed by atoms with E-state index in [2.05, 4.69) is 6.08 Å². The molecule has 1 unspecified atom stereocenters. The Morgan fingerprint density at radius 1 is 0.867 bits per heavy atom. The molecule has 0 N–H and O–H groups in total. The van der Waals surface area contributed by atoms with Gasteiger partial charge in [-0.1, -0.05) is 86.0 Å². The van der Waals surface area contributed by atoms with Crippen LogP contribution in [0.3, 0.4) is 0 Å². The maximum absolute atomic E-state index is 13.8. The molecule has 2 aromatic rings. The van der Waals surface area contributed by atoms with Crippen LogP contribution in [0.1, 0.15) is 57.8 Å². The first-order valence-corrected chi connectivity index (χ1v) is 13.2. The van der Waals surface area contributed by atoms with E-state index in [1.54, 1.807) is 0 Å². The van der Waals surface area contributed by atoms with Crippen LogP contribution >= 0.6 is 7.14 Å². The summed E-state index contributed by atoms with van der Waals surface area (Å²) in [5.74, 6) is 1.95. The molecule has 0 amide bonds. The van der Waals surface area contributed by atoms with Crippen molar-refractivity contribution in [3.8, 4) is 0 Å². The monoisotopic (exact) mass is 426 g/mol. The predicted octanol–water partition coefficient (Wildman–Crippen LogP) is 6.40. The third-order valence-electron chi connectivity index (χ3n) is 5.55. The molecule has 1 saturated heterocycles. The Morgan fingerprint density at radius 2 is 1.50 bits per heavy atom. The summed E-state index contributed by atoms with van der Waals surface area (Å²) >= 11 is 0. The Hall–Kier alpha value is -1.67. The van der Waals surface area contributed by atoms with Crippen LogP contribution in [0.2, 0.25) is 0 Å². The smallest absolute Gasteiger partial charge is 0.163 e. The summed E-state index contributed by atoms with van der Waals surface area (Å²) in [7, 11) is -2.72. The van der Waals surface area contributed by atoms with Crippen molar-refractivity contribution < 1.29 is 14.0 Å². The van der Waals surface area contributed by atoms with Gasteiger partial charge in [-0.15, -0.1) is 0 Å². The number of hydrogen-bond acceptors (Lipinski definition) is 3. The largest absolute Gasteiger partial charge is 0.353 e. The number of allylic oxidation sites excluding steroid dienone is 1. The lowest BCUT2D eigenvalue weighted by Gasteiger charge is -2.22. The van der Waals surface area contributed by atoms with Gasteiger partial charge in [0.15, 0.2) is 13.4 Å². The summed E-state index contributed by atoms with van der Waals surface area (Å²) < 4.78 is 25.2.